The Bertz CT molecular complexity index is 3120. The van der Waals surface area contributed by atoms with Crippen molar-refractivity contribution in [2.24, 2.45) is 50.2 Å². The number of ether oxygens (including phenoxy) is 14. The van der Waals surface area contributed by atoms with Gasteiger partial charge in [0.05, 0.1) is 55.8 Å². The number of carboxylic acids is 1. The fourth-order valence-corrected chi connectivity index (χ4v) is 20.2. The molecular weight excluding hydrogens is 1420 g/mol. The number of hydrogen-bond donors (Lipinski definition) is 19. The second-order valence-electron chi connectivity index (χ2n) is 33.6. The van der Waals surface area contributed by atoms with Crippen molar-refractivity contribution in [1.29, 1.82) is 0 Å². The third-order valence-corrected chi connectivity index (χ3v) is 26.8. The van der Waals surface area contributed by atoms with E-state index in [1.54, 1.807) is 6.92 Å². The molecule has 0 bridgehead atoms. The normalized spacial score (nSPS) is 55.4. The van der Waals surface area contributed by atoms with Crippen LogP contribution in [0, 0.1) is 50.2 Å². The summed E-state index contributed by atoms with van der Waals surface area (Å²) in [7, 11) is 0. The molecular formula is C70H110O36. The maximum atomic E-state index is 16.1. The van der Waals surface area contributed by atoms with Gasteiger partial charge in [-0.25, -0.2) is 4.79 Å². The van der Waals surface area contributed by atoms with Crippen molar-refractivity contribution < 1.29 is 178 Å². The van der Waals surface area contributed by atoms with Gasteiger partial charge in [0, 0.05) is 0 Å². The summed E-state index contributed by atoms with van der Waals surface area (Å²) in [6, 6.07) is 0. The van der Waals surface area contributed by atoms with E-state index < -0.39 is 291 Å². The number of esters is 1. The van der Waals surface area contributed by atoms with Gasteiger partial charge in [0.15, 0.2) is 49.9 Å². The van der Waals surface area contributed by atoms with E-state index in [1.165, 1.54) is 20.8 Å². The molecule has 36 nitrogen and oxygen atoms in total. The van der Waals surface area contributed by atoms with Crippen LogP contribution in [0.4, 0.5) is 0 Å². The number of carbonyl (C=O) groups excluding carboxylic acids is 2. The fraction of sp³-hybridized carbons (Fsp3) is 0.929. The first-order valence-corrected chi connectivity index (χ1v) is 36.9. The lowest BCUT2D eigenvalue weighted by Gasteiger charge is -2.71. The van der Waals surface area contributed by atoms with E-state index in [-0.39, 0.29) is 25.2 Å². The van der Waals surface area contributed by atoms with E-state index in [0.717, 1.165) is 11.9 Å². The predicted octanol–water partition coefficient (Wildman–Crippen LogP) is -5.96. The first-order chi connectivity index (χ1) is 49.6. The largest absolute Gasteiger partial charge is 0.479 e. The number of aldehydes is 1. The quantitative estimate of drug-likeness (QED) is 0.0279. The molecule has 0 radical (unpaired) electrons. The molecule has 606 valence electrons. The predicted molar refractivity (Wildman–Crippen MR) is 347 cm³/mol. The summed E-state index contributed by atoms with van der Waals surface area (Å²) >= 11 is 0. The van der Waals surface area contributed by atoms with Crippen LogP contribution in [-0.2, 0) is 80.7 Å². The van der Waals surface area contributed by atoms with Crippen molar-refractivity contribution in [1.82, 2.24) is 0 Å². The van der Waals surface area contributed by atoms with E-state index in [0.29, 0.717) is 38.5 Å². The number of allylic oxidation sites excluding steroid dienone is 2. The topological polar surface area (TPSA) is 565 Å². The molecule has 0 spiro atoms. The minimum atomic E-state index is -2.23. The number of aliphatic hydroxyl groups excluding tert-OH is 18. The molecule has 43 atom stereocenters. The maximum absolute atomic E-state index is 16.1. The fourth-order valence-electron chi connectivity index (χ4n) is 20.2. The van der Waals surface area contributed by atoms with E-state index >= 15 is 4.79 Å². The molecule has 12 rings (SSSR count). The van der Waals surface area contributed by atoms with Crippen LogP contribution in [0.5, 0.6) is 0 Å². The molecule has 5 aliphatic carbocycles. The van der Waals surface area contributed by atoms with Gasteiger partial charge in [-0.2, -0.15) is 0 Å². The molecule has 7 aliphatic heterocycles. The Balaban J connectivity index is 0.834. The summed E-state index contributed by atoms with van der Waals surface area (Å²) in [6.07, 6.45) is -56.7. The van der Waals surface area contributed by atoms with Crippen molar-refractivity contribution in [2.75, 3.05) is 19.8 Å². The van der Waals surface area contributed by atoms with Crippen LogP contribution in [0.2, 0.25) is 0 Å². The number of fused-ring (bicyclic) bond motifs is 7. The molecule has 0 aromatic carbocycles. The third kappa shape index (κ3) is 14.0. The van der Waals surface area contributed by atoms with Gasteiger partial charge >= 0.3 is 11.9 Å². The van der Waals surface area contributed by atoms with Gasteiger partial charge in [0.2, 0.25) is 6.29 Å². The molecule has 4 saturated carbocycles. The zero-order valence-corrected chi connectivity index (χ0v) is 60.5. The Morgan fingerprint density at radius 2 is 1.00 bits per heavy atom. The smallest absolute Gasteiger partial charge is 0.335 e. The molecule has 7 heterocycles. The van der Waals surface area contributed by atoms with Gasteiger partial charge in [-0.3, -0.25) is 4.79 Å². The van der Waals surface area contributed by atoms with Crippen LogP contribution in [0.1, 0.15) is 120 Å². The van der Waals surface area contributed by atoms with E-state index in [4.69, 9.17) is 66.3 Å². The highest BCUT2D eigenvalue weighted by Gasteiger charge is 2.73. The maximum Gasteiger partial charge on any atom is 0.335 e. The molecule has 12 aliphatic rings. The number of aliphatic hydroxyl groups is 18. The zero-order chi connectivity index (χ0) is 77.5. The standard InChI is InChI=1S/C70H110O36/c1-24-36(76)41(81)46(86)59(95-24)102-51-37(77)25(2)96-62(54(51)104-60-48(88)43(83)50(26(3)97-60)100-57-44(84)38(78)29(73)21-93-57)106-64(92)70-17-16-65(4,5)18-28(70)27-10-11-33-66(6)14-13-35(67(7,23-72)32(66)12-15-68(33,8)69(27,9)19-34(70)75)99-63-55(105-61-47(87)42(82)40(80)31(20-71)98-61)52(49(89)53(103-63)56(90)91)101-58-45(85)39(79)30(74)22-94-58/h10,23-26,28-55,57-63,71,73-89H,11-22H2,1-9H3,(H,90,91)/t24-,25+,26-,28-,29+,30-,31+,32+,33+,34+,35-,36-,37+,38-,39-,40-,41+,42-,43-,44+,45+,46+,47+,48+,49-,50-,51-,52-,53-,54+,55+,57-,58-,59-,60-,61-,62-,63+,66-,67-,68+,69+,70+/m0/s1. The molecule has 11 fully saturated rings. The Kier molecular flexibility index (Phi) is 24.0. The SMILES string of the molecule is C[C@@H]1O[C@@H](O[C@H]2[C@H](O)[C@@H](C)O[C@@H](OC(=O)[C@]34CCC(C)(C)C[C@H]3C3=CC[C@@H]5[C@@]6(C)CC[C@H](O[C@@H]7O[C@H](C(=O)O)[C@@H](O)[C@H](O[C@@H]8OC[C@H](O)[C@H](O)[C@H]8O)[C@H]7O[C@@H]7O[C@H](CO)[C@H](O)[C@H](O)[C@H]7O)[C@@](C)(C=O)[C@@H]6CC[C@@]5(C)[C@]3(C)C[C@H]4O)[C@@H]2O[C@@H]2O[C@@H](C)[C@H](O[C@@H]3OC[C@@H](O)[C@H](O)[C@H]3O)[C@@H](O)[C@H]2O)[C@H](O)[C@H](O)[C@H]1O. The summed E-state index contributed by atoms with van der Waals surface area (Å²) in [6.45, 7) is 14.4. The van der Waals surface area contributed by atoms with Gasteiger partial charge in [-0.05, 0) is 118 Å². The first-order valence-electron chi connectivity index (χ1n) is 36.9. The first kappa shape index (κ1) is 82.6. The van der Waals surface area contributed by atoms with Gasteiger partial charge in [-0.1, -0.05) is 53.2 Å². The highest BCUT2D eigenvalue weighted by molar-refractivity contribution is 5.80. The van der Waals surface area contributed by atoms with E-state index in [1.807, 2.05) is 0 Å². The van der Waals surface area contributed by atoms with Crippen LogP contribution in [0.25, 0.3) is 0 Å². The number of rotatable bonds is 17. The summed E-state index contributed by atoms with van der Waals surface area (Å²) in [5.41, 5.74) is -5.06. The van der Waals surface area contributed by atoms with Crippen molar-refractivity contribution in [3.05, 3.63) is 11.6 Å². The molecule has 106 heavy (non-hydrogen) atoms. The molecule has 0 unspecified atom stereocenters. The second kappa shape index (κ2) is 30.8. The lowest BCUT2D eigenvalue weighted by Crippen LogP contribution is -2.69. The summed E-state index contributed by atoms with van der Waals surface area (Å²) in [5.74, 6) is -4.19. The molecule has 7 saturated heterocycles. The van der Waals surface area contributed by atoms with Crippen molar-refractivity contribution >= 4 is 18.2 Å². The minimum absolute atomic E-state index is 0.00556. The van der Waals surface area contributed by atoms with Crippen LogP contribution >= 0.6 is 0 Å². The summed E-state index contributed by atoms with van der Waals surface area (Å²) in [5, 5.41) is 210. The Hall–Kier alpha value is -2.89. The monoisotopic (exact) mass is 1530 g/mol. The van der Waals surface area contributed by atoms with Crippen LogP contribution in [0.3, 0.4) is 0 Å². The van der Waals surface area contributed by atoms with Gasteiger partial charge in [-0.15, -0.1) is 0 Å². The van der Waals surface area contributed by atoms with Gasteiger partial charge < -0.3 is 168 Å². The highest BCUT2D eigenvalue weighted by Crippen LogP contribution is 2.76. The molecule has 19 N–H and O–H groups in total. The lowest BCUT2D eigenvalue weighted by atomic mass is 9.33. The lowest BCUT2D eigenvalue weighted by molar-refractivity contribution is -0.391. The van der Waals surface area contributed by atoms with Gasteiger partial charge in [0.25, 0.3) is 0 Å². The Morgan fingerprint density at radius 1 is 0.491 bits per heavy atom. The minimum Gasteiger partial charge on any atom is -0.479 e. The number of hydrogen-bond acceptors (Lipinski definition) is 35. The second-order valence-corrected chi connectivity index (χ2v) is 33.6. The van der Waals surface area contributed by atoms with Gasteiger partial charge in [0.1, 0.15) is 140 Å². The van der Waals surface area contributed by atoms with Crippen LogP contribution in [0.15, 0.2) is 11.6 Å². The summed E-state index contributed by atoms with van der Waals surface area (Å²) < 4.78 is 85.1. The van der Waals surface area contributed by atoms with Crippen molar-refractivity contribution in [2.45, 2.75) is 335 Å². The molecule has 0 amide bonds. The van der Waals surface area contributed by atoms with Crippen molar-refractivity contribution in [3.8, 4) is 0 Å². The number of carboxylic acid groups (broad SMARTS) is 1. The van der Waals surface area contributed by atoms with E-state index in [9.17, 15) is 107 Å². The van der Waals surface area contributed by atoms with E-state index in [2.05, 4.69) is 40.7 Å². The average Bonchev–Trinajstić information content (AvgIpc) is 0.670. The highest BCUT2D eigenvalue weighted by atomic mass is 16.8. The molecule has 0 aromatic heterocycles. The number of carbonyl (C=O) groups is 3. The zero-order valence-electron chi connectivity index (χ0n) is 60.5. The molecule has 36 heteroatoms. The Morgan fingerprint density at radius 3 is 1.59 bits per heavy atom. The average molecular weight is 1530 g/mol. The molecule has 0 aromatic rings. The number of aliphatic carboxylic acids is 1. The van der Waals surface area contributed by atoms with Crippen LogP contribution < -0.4 is 0 Å². The van der Waals surface area contributed by atoms with Crippen molar-refractivity contribution in [3.63, 3.8) is 0 Å². The summed E-state index contributed by atoms with van der Waals surface area (Å²) in [4.78, 5) is 43.4. The third-order valence-electron chi connectivity index (χ3n) is 26.8. The Labute approximate surface area is 610 Å². The van der Waals surface area contributed by atoms with Crippen LogP contribution in [-0.4, -0.2) is 350 Å².